The lowest BCUT2D eigenvalue weighted by molar-refractivity contribution is -0.127. The Bertz CT molecular complexity index is 804. The molecule has 0 bridgehead atoms. The lowest BCUT2D eigenvalue weighted by atomic mass is 10.2. The van der Waals surface area contributed by atoms with E-state index in [0.29, 0.717) is 10.6 Å². The molecule has 3 N–H and O–H groups in total. The molecular weight excluding hydrogens is 358 g/mol. The molecule has 0 unspecified atom stereocenters. The van der Waals surface area contributed by atoms with Crippen LogP contribution in [0.25, 0.3) is 0 Å². The fraction of sp³-hybridized carbons (Fsp3) is 0.176. The zero-order valence-corrected chi connectivity index (χ0v) is 14.7. The molecule has 1 aromatic carbocycles. The van der Waals surface area contributed by atoms with Crippen molar-refractivity contribution in [2.75, 3.05) is 25.5 Å². The fourth-order valence-corrected chi connectivity index (χ4v) is 2.48. The summed E-state index contributed by atoms with van der Waals surface area (Å²) in [5.41, 5.74) is 0.620. The minimum absolute atomic E-state index is 0.188. The standard InChI is InChI=1S/C17H17N3O5S/c1-18-14(21)9-19-15(22)10-25-17(24)11-4-2-5-12(8-11)20-16(23)13-6-3-7-26-13/h2-8H,9-10H2,1H3,(H,18,21)(H,19,22)(H,20,23). The number of ether oxygens (including phenoxy) is 1. The van der Waals surface area contributed by atoms with Gasteiger partial charge in [0.25, 0.3) is 11.8 Å². The SMILES string of the molecule is CNC(=O)CNC(=O)COC(=O)c1cccc(NC(=O)c2cccs2)c1. The number of carbonyl (C=O) groups excluding carboxylic acids is 4. The van der Waals surface area contributed by atoms with E-state index >= 15 is 0 Å². The normalized spacial score (nSPS) is 9.88. The topological polar surface area (TPSA) is 114 Å². The van der Waals surface area contributed by atoms with E-state index in [4.69, 9.17) is 4.74 Å². The Morgan fingerprint density at radius 1 is 1.08 bits per heavy atom. The van der Waals surface area contributed by atoms with Gasteiger partial charge in [-0.15, -0.1) is 11.3 Å². The molecule has 2 rings (SSSR count). The molecule has 9 heteroatoms. The van der Waals surface area contributed by atoms with E-state index < -0.39 is 18.5 Å². The van der Waals surface area contributed by atoms with E-state index in [9.17, 15) is 19.2 Å². The van der Waals surface area contributed by atoms with Gasteiger partial charge in [0, 0.05) is 12.7 Å². The number of hydrogen-bond acceptors (Lipinski definition) is 6. The second-order valence-electron chi connectivity index (χ2n) is 5.04. The molecule has 3 amide bonds. The van der Waals surface area contributed by atoms with Crippen molar-refractivity contribution in [3.63, 3.8) is 0 Å². The smallest absolute Gasteiger partial charge is 0.338 e. The molecule has 0 radical (unpaired) electrons. The maximum Gasteiger partial charge on any atom is 0.338 e. The molecule has 136 valence electrons. The highest BCUT2D eigenvalue weighted by Crippen LogP contribution is 2.15. The first-order chi connectivity index (χ1) is 12.5. The number of benzene rings is 1. The summed E-state index contributed by atoms with van der Waals surface area (Å²) in [4.78, 5) is 47.1. The number of rotatable bonds is 7. The average Bonchev–Trinajstić information content (AvgIpc) is 3.19. The van der Waals surface area contributed by atoms with Gasteiger partial charge in [-0.3, -0.25) is 14.4 Å². The van der Waals surface area contributed by atoms with Crippen molar-refractivity contribution < 1.29 is 23.9 Å². The number of esters is 1. The van der Waals surface area contributed by atoms with Gasteiger partial charge >= 0.3 is 5.97 Å². The molecule has 1 aromatic heterocycles. The van der Waals surface area contributed by atoms with Crippen molar-refractivity contribution in [3.05, 3.63) is 52.2 Å². The zero-order valence-electron chi connectivity index (χ0n) is 13.9. The third-order valence-electron chi connectivity index (χ3n) is 3.16. The van der Waals surface area contributed by atoms with Crippen LogP contribution in [0.4, 0.5) is 5.69 Å². The highest BCUT2D eigenvalue weighted by molar-refractivity contribution is 7.12. The zero-order chi connectivity index (χ0) is 18.9. The van der Waals surface area contributed by atoms with Gasteiger partial charge in [0.05, 0.1) is 17.0 Å². The summed E-state index contributed by atoms with van der Waals surface area (Å²) in [6, 6.07) is 9.64. The number of hydrogen-bond donors (Lipinski definition) is 3. The Kier molecular flexibility index (Phi) is 6.86. The van der Waals surface area contributed by atoms with Gasteiger partial charge in [-0.1, -0.05) is 12.1 Å². The Hall–Kier alpha value is -3.20. The van der Waals surface area contributed by atoms with Crippen LogP contribution < -0.4 is 16.0 Å². The van der Waals surface area contributed by atoms with Crippen molar-refractivity contribution in [1.29, 1.82) is 0 Å². The Morgan fingerprint density at radius 3 is 2.58 bits per heavy atom. The molecule has 2 aromatic rings. The van der Waals surface area contributed by atoms with Gasteiger partial charge in [0.1, 0.15) is 0 Å². The van der Waals surface area contributed by atoms with Gasteiger partial charge in [-0.25, -0.2) is 4.79 Å². The third-order valence-corrected chi connectivity index (χ3v) is 4.03. The summed E-state index contributed by atoms with van der Waals surface area (Å²) in [5.74, 6) is -1.95. The van der Waals surface area contributed by atoms with Gasteiger partial charge in [-0.2, -0.15) is 0 Å². The van der Waals surface area contributed by atoms with E-state index in [-0.39, 0.29) is 23.9 Å². The molecule has 0 spiro atoms. The van der Waals surface area contributed by atoms with Gasteiger partial charge in [-0.05, 0) is 29.6 Å². The van der Waals surface area contributed by atoms with Crippen LogP contribution in [0.1, 0.15) is 20.0 Å². The predicted octanol–water partition coefficient (Wildman–Crippen LogP) is 1.02. The third kappa shape index (κ3) is 5.71. The molecule has 0 saturated carbocycles. The van der Waals surface area contributed by atoms with E-state index in [1.165, 1.54) is 30.5 Å². The van der Waals surface area contributed by atoms with E-state index in [2.05, 4.69) is 16.0 Å². The number of nitrogens with one attached hydrogen (secondary N) is 3. The predicted molar refractivity (Wildman–Crippen MR) is 96.1 cm³/mol. The fourth-order valence-electron chi connectivity index (χ4n) is 1.86. The summed E-state index contributed by atoms with van der Waals surface area (Å²) in [7, 11) is 1.44. The second kappa shape index (κ2) is 9.33. The van der Waals surface area contributed by atoms with Crippen molar-refractivity contribution in [2.24, 2.45) is 0 Å². The first kappa shape index (κ1) is 19.1. The molecule has 0 aliphatic rings. The number of thiophene rings is 1. The van der Waals surface area contributed by atoms with E-state index in [1.54, 1.807) is 29.6 Å². The maximum atomic E-state index is 12.0. The molecular formula is C17H17N3O5S. The maximum absolute atomic E-state index is 12.0. The molecule has 1 heterocycles. The van der Waals surface area contributed by atoms with Crippen LogP contribution in [0.2, 0.25) is 0 Å². The van der Waals surface area contributed by atoms with E-state index in [0.717, 1.165) is 0 Å². The minimum atomic E-state index is -0.715. The summed E-state index contributed by atoms with van der Waals surface area (Å²) in [6.07, 6.45) is 0. The van der Waals surface area contributed by atoms with Crippen molar-refractivity contribution in [3.8, 4) is 0 Å². The van der Waals surface area contributed by atoms with Crippen molar-refractivity contribution in [2.45, 2.75) is 0 Å². The van der Waals surface area contributed by atoms with Crippen LogP contribution in [0.3, 0.4) is 0 Å². The van der Waals surface area contributed by atoms with Crippen LogP contribution in [0, 0.1) is 0 Å². The molecule has 0 aliphatic heterocycles. The van der Waals surface area contributed by atoms with Crippen LogP contribution in [-0.2, 0) is 14.3 Å². The van der Waals surface area contributed by atoms with Gasteiger partial charge in [0.15, 0.2) is 6.61 Å². The van der Waals surface area contributed by atoms with Crippen LogP contribution >= 0.6 is 11.3 Å². The Balaban J connectivity index is 1.88. The highest BCUT2D eigenvalue weighted by atomic mass is 32.1. The molecule has 0 saturated heterocycles. The van der Waals surface area contributed by atoms with E-state index in [1.807, 2.05) is 0 Å². The van der Waals surface area contributed by atoms with Crippen molar-refractivity contribution >= 4 is 40.7 Å². The quantitative estimate of drug-likeness (QED) is 0.625. The van der Waals surface area contributed by atoms with Gasteiger partial charge < -0.3 is 20.7 Å². The lowest BCUT2D eigenvalue weighted by Gasteiger charge is -2.08. The molecule has 26 heavy (non-hydrogen) atoms. The van der Waals surface area contributed by atoms with Crippen molar-refractivity contribution in [1.82, 2.24) is 10.6 Å². The number of likely N-dealkylation sites (N-methyl/N-ethyl adjacent to an activating group) is 1. The monoisotopic (exact) mass is 375 g/mol. The first-order valence-electron chi connectivity index (χ1n) is 7.59. The summed E-state index contributed by atoms with van der Waals surface area (Å²) in [5, 5.41) is 9.13. The Morgan fingerprint density at radius 2 is 1.88 bits per heavy atom. The van der Waals surface area contributed by atoms with Crippen LogP contribution in [0.5, 0.6) is 0 Å². The number of carbonyl (C=O) groups is 4. The van der Waals surface area contributed by atoms with Crippen LogP contribution in [0.15, 0.2) is 41.8 Å². The largest absolute Gasteiger partial charge is 0.452 e. The highest BCUT2D eigenvalue weighted by Gasteiger charge is 2.13. The summed E-state index contributed by atoms with van der Waals surface area (Å²) in [6.45, 7) is -0.710. The summed E-state index contributed by atoms with van der Waals surface area (Å²) < 4.78 is 4.89. The molecule has 0 atom stereocenters. The molecule has 0 fully saturated rings. The van der Waals surface area contributed by atoms with Gasteiger partial charge in [0.2, 0.25) is 5.91 Å². The average molecular weight is 375 g/mol. The molecule has 8 nitrogen and oxygen atoms in total. The summed E-state index contributed by atoms with van der Waals surface area (Å²) >= 11 is 1.30. The Labute approximate surface area is 153 Å². The lowest BCUT2D eigenvalue weighted by Crippen LogP contribution is -2.37. The number of amides is 3. The minimum Gasteiger partial charge on any atom is -0.452 e. The second-order valence-corrected chi connectivity index (χ2v) is 5.99. The molecule has 0 aliphatic carbocycles. The first-order valence-corrected chi connectivity index (χ1v) is 8.47. The van der Waals surface area contributed by atoms with Crippen LogP contribution in [-0.4, -0.2) is 43.9 Å². The number of anilines is 1.